The van der Waals surface area contributed by atoms with Gasteiger partial charge in [-0.15, -0.1) is 0 Å². The molecule has 1 heterocycles. The van der Waals surface area contributed by atoms with Crippen LogP contribution in [0.4, 0.5) is 0 Å². The third kappa shape index (κ3) is 2.37. The molecule has 0 saturated carbocycles. The Bertz CT molecular complexity index is 520. The van der Waals surface area contributed by atoms with Gasteiger partial charge in [-0.05, 0) is 20.9 Å². The number of nitrogens with zero attached hydrogens (tertiary/aromatic N) is 2. The van der Waals surface area contributed by atoms with Gasteiger partial charge >= 0.3 is 0 Å². The molecular weight excluding hydrogens is 254 g/mol. The molecule has 0 aromatic carbocycles. The highest BCUT2D eigenvalue weighted by Gasteiger charge is 2.42. The van der Waals surface area contributed by atoms with E-state index in [0.717, 1.165) is 5.69 Å². The van der Waals surface area contributed by atoms with Crippen molar-refractivity contribution >= 4 is 9.84 Å². The van der Waals surface area contributed by atoms with E-state index in [2.05, 4.69) is 10.4 Å². The van der Waals surface area contributed by atoms with Crippen LogP contribution >= 0.6 is 0 Å². The highest BCUT2D eigenvalue weighted by molar-refractivity contribution is 7.92. The maximum absolute atomic E-state index is 11.9. The predicted octanol–water partition coefficient (Wildman–Crippen LogP) is 0.512. The normalized spacial score (nSPS) is 14.6. The fraction of sp³-hybridized carbons (Fsp3) is 0.727. The van der Waals surface area contributed by atoms with Gasteiger partial charge < -0.3 is 10.1 Å². The van der Waals surface area contributed by atoms with Crippen molar-refractivity contribution in [3.8, 4) is 5.75 Å². The number of hydrogen-bond acceptors (Lipinski definition) is 5. The molecule has 1 N–H and O–H groups in total. The summed E-state index contributed by atoms with van der Waals surface area (Å²) in [4.78, 5) is 0. The first-order valence-electron chi connectivity index (χ1n) is 5.59. The Labute approximate surface area is 108 Å². The van der Waals surface area contributed by atoms with Crippen LogP contribution in [0.2, 0.25) is 0 Å². The molecule has 0 saturated heterocycles. The van der Waals surface area contributed by atoms with Gasteiger partial charge in [0, 0.05) is 13.3 Å². The van der Waals surface area contributed by atoms with Crippen LogP contribution in [-0.2, 0) is 16.9 Å². The van der Waals surface area contributed by atoms with Crippen molar-refractivity contribution in [2.75, 3.05) is 20.4 Å². The molecule has 0 aliphatic rings. The largest absolute Gasteiger partial charge is 0.493 e. The number of aryl methyl sites for hydroxylation is 1. The molecule has 1 atom stereocenters. The van der Waals surface area contributed by atoms with Gasteiger partial charge in [-0.25, -0.2) is 8.42 Å². The Balaban J connectivity index is 3.39. The molecule has 0 bridgehead atoms. The molecule has 7 heteroatoms. The minimum absolute atomic E-state index is 0.407. The maximum Gasteiger partial charge on any atom is 0.161 e. The van der Waals surface area contributed by atoms with E-state index >= 15 is 0 Å². The summed E-state index contributed by atoms with van der Waals surface area (Å²) in [5, 5.41) is 7.16. The zero-order valence-corrected chi connectivity index (χ0v) is 12.5. The minimum atomic E-state index is -3.24. The second-order valence-electron chi connectivity index (χ2n) is 4.82. The van der Waals surface area contributed by atoms with Crippen LogP contribution in [0.3, 0.4) is 0 Å². The lowest BCUT2D eigenvalue weighted by atomic mass is 9.99. The SMILES string of the molecule is CNC(c1c(OC)cnn1C)C(C)(C)S(C)(=O)=O. The zero-order chi connectivity index (χ0) is 14.1. The summed E-state index contributed by atoms with van der Waals surface area (Å²) in [5.41, 5.74) is 0.718. The van der Waals surface area contributed by atoms with Crippen LogP contribution in [0.25, 0.3) is 0 Å². The van der Waals surface area contributed by atoms with Gasteiger partial charge in [0.15, 0.2) is 15.6 Å². The van der Waals surface area contributed by atoms with Crippen LogP contribution in [0.1, 0.15) is 25.6 Å². The first-order valence-corrected chi connectivity index (χ1v) is 7.48. The van der Waals surface area contributed by atoms with Crippen molar-refractivity contribution in [1.29, 1.82) is 0 Å². The van der Waals surface area contributed by atoms with E-state index in [1.165, 1.54) is 6.26 Å². The van der Waals surface area contributed by atoms with E-state index in [1.807, 2.05) is 0 Å². The molecule has 6 nitrogen and oxygen atoms in total. The highest BCUT2D eigenvalue weighted by atomic mass is 32.2. The van der Waals surface area contributed by atoms with Gasteiger partial charge in [0.2, 0.25) is 0 Å². The standard InChI is InChI=1S/C11H21N3O3S/c1-11(2,18(6,15)16)10(12-3)9-8(17-5)7-13-14(9)4/h7,10,12H,1-6H3. The lowest BCUT2D eigenvalue weighted by Gasteiger charge is -2.32. The summed E-state index contributed by atoms with van der Waals surface area (Å²) in [6.07, 6.45) is 2.82. The number of methoxy groups -OCH3 is 1. The number of sulfone groups is 1. The molecular formula is C11H21N3O3S. The molecule has 0 radical (unpaired) electrons. The number of nitrogens with one attached hydrogen (secondary N) is 1. The summed E-state index contributed by atoms with van der Waals surface area (Å²) in [5.74, 6) is 0.577. The average Bonchev–Trinajstić information content (AvgIpc) is 2.60. The van der Waals surface area contributed by atoms with Gasteiger partial charge in [0.05, 0.1) is 29.8 Å². The lowest BCUT2D eigenvalue weighted by molar-refractivity contribution is 0.376. The Hall–Kier alpha value is -1.08. The van der Waals surface area contributed by atoms with Gasteiger partial charge in [-0.3, -0.25) is 4.68 Å². The zero-order valence-electron chi connectivity index (χ0n) is 11.7. The fourth-order valence-corrected chi connectivity index (χ4v) is 2.60. The van der Waals surface area contributed by atoms with Crippen molar-refractivity contribution in [1.82, 2.24) is 15.1 Å². The Morgan fingerprint density at radius 3 is 2.44 bits per heavy atom. The Morgan fingerprint density at radius 2 is 2.06 bits per heavy atom. The van der Waals surface area contributed by atoms with Crippen LogP contribution < -0.4 is 10.1 Å². The molecule has 0 amide bonds. The van der Waals surface area contributed by atoms with Crippen molar-refractivity contribution < 1.29 is 13.2 Å². The summed E-state index contributed by atoms with van der Waals surface area (Å²) in [7, 11) is 1.79. The molecule has 1 rings (SSSR count). The van der Waals surface area contributed by atoms with Crippen molar-refractivity contribution in [2.45, 2.75) is 24.6 Å². The molecule has 0 aliphatic heterocycles. The molecule has 0 spiro atoms. The number of aromatic nitrogens is 2. The maximum atomic E-state index is 11.9. The second kappa shape index (κ2) is 4.89. The lowest BCUT2D eigenvalue weighted by Crippen LogP contribution is -2.44. The van der Waals surface area contributed by atoms with Crippen molar-refractivity contribution in [2.24, 2.45) is 7.05 Å². The van der Waals surface area contributed by atoms with Gasteiger partial charge in [0.25, 0.3) is 0 Å². The van der Waals surface area contributed by atoms with Crippen molar-refractivity contribution in [3.05, 3.63) is 11.9 Å². The third-order valence-corrected chi connectivity index (χ3v) is 5.53. The Morgan fingerprint density at radius 1 is 1.50 bits per heavy atom. The molecule has 18 heavy (non-hydrogen) atoms. The monoisotopic (exact) mass is 275 g/mol. The van der Waals surface area contributed by atoms with Gasteiger partial charge in [-0.2, -0.15) is 5.10 Å². The number of rotatable bonds is 5. The Kier molecular flexibility index (Phi) is 4.07. The van der Waals surface area contributed by atoms with Crippen molar-refractivity contribution in [3.63, 3.8) is 0 Å². The quantitative estimate of drug-likeness (QED) is 0.847. The first kappa shape index (κ1) is 15.0. The smallest absolute Gasteiger partial charge is 0.161 e. The van der Waals surface area contributed by atoms with E-state index in [0.29, 0.717) is 5.75 Å². The van der Waals surface area contributed by atoms with Gasteiger partial charge in [0.1, 0.15) is 0 Å². The van der Waals surface area contributed by atoms with E-state index in [-0.39, 0.29) is 0 Å². The molecule has 1 aromatic heterocycles. The predicted molar refractivity (Wildman–Crippen MR) is 70.5 cm³/mol. The van der Waals surface area contributed by atoms with Crippen LogP contribution in [0, 0.1) is 0 Å². The third-order valence-electron chi connectivity index (χ3n) is 3.38. The van der Waals surface area contributed by atoms with E-state index in [1.54, 1.807) is 45.9 Å². The number of ether oxygens (including phenoxy) is 1. The van der Waals surface area contributed by atoms with Crippen LogP contribution in [0.5, 0.6) is 5.75 Å². The first-order chi connectivity index (χ1) is 8.16. The molecule has 1 aromatic rings. The average molecular weight is 275 g/mol. The summed E-state index contributed by atoms with van der Waals surface area (Å²) in [6.45, 7) is 3.38. The minimum Gasteiger partial charge on any atom is -0.493 e. The summed E-state index contributed by atoms with van der Waals surface area (Å²) >= 11 is 0. The topological polar surface area (TPSA) is 73.2 Å². The summed E-state index contributed by atoms with van der Waals surface area (Å²) in [6, 6.07) is -0.407. The molecule has 1 unspecified atom stereocenters. The molecule has 104 valence electrons. The van der Waals surface area contributed by atoms with Gasteiger partial charge in [-0.1, -0.05) is 0 Å². The van der Waals surface area contributed by atoms with Crippen LogP contribution in [0.15, 0.2) is 6.20 Å². The van der Waals surface area contributed by atoms with E-state index < -0.39 is 20.6 Å². The van der Waals surface area contributed by atoms with Crippen LogP contribution in [-0.4, -0.2) is 43.4 Å². The van der Waals surface area contributed by atoms with E-state index in [4.69, 9.17) is 4.74 Å². The fourth-order valence-electron chi connectivity index (χ4n) is 1.94. The molecule has 0 fully saturated rings. The summed E-state index contributed by atoms with van der Waals surface area (Å²) < 4.78 is 29.8. The highest BCUT2D eigenvalue weighted by Crippen LogP contribution is 2.36. The number of hydrogen-bond donors (Lipinski definition) is 1. The second-order valence-corrected chi connectivity index (χ2v) is 7.42. The van der Waals surface area contributed by atoms with E-state index in [9.17, 15) is 8.42 Å². The molecule has 0 aliphatic carbocycles.